The second-order valence-electron chi connectivity index (χ2n) is 2.99. The highest BCUT2D eigenvalue weighted by Crippen LogP contribution is 2.27. The molecule has 2 heterocycles. The van der Waals surface area contributed by atoms with E-state index in [0.717, 1.165) is 6.20 Å². The highest BCUT2D eigenvalue weighted by atomic mass is 79.9. The Kier molecular flexibility index (Phi) is 2.82. The molecule has 0 saturated heterocycles. The van der Waals surface area contributed by atoms with Crippen LogP contribution >= 0.6 is 15.9 Å². The monoisotopic (exact) mass is 284 g/mol. The summed E-state index contributed by atoms with van der Waals surface area (Å²) in [6.45, 7) is 0. The van der Waals surface area contributed by atoms with Crippen LogP contribution in [-0.4, -0.2) is 23.0 Å². The first-order valence-corrected chi connectivity index (χ1v) is 5.10. The zero-order chi connectivity index (χ0) is 11.7. The van der Waals surface area contributed by atoms with Gasteiger partial charge in [-0.05, 0) is 15.9 Å². The lowest BCUT2D eigenvalue weighted by Crippen LogP contribution is -2.04. The van der Waals surface area contributed by atoms with Gasteiger partial charge in [-0.25, -0.2) is 9.18 Å². The first-order chi connectivity index (χ1) is 7.65. The van der Waals surface area contributed by atoms with Gasteiger partial charge in [0.05, 0.1) is 18.9 Å². The number of hydrogen-bond donors (Lipinski definition) is 0. The Balaban J connectivity index is 2.75. The van der Waals surface area contributed by atoms with Gasteiger partial charge in [0.15, 0.2) is 5.82 Å². The van der Waals surface area contributed by atoms with Crippen LogP contribution in [0, 0.1) is 5.82 Å². The molecule has 0 atom stereocenters. The molecular weight excluding hydrogens is 279 g/mol. The van der Waals surface area contributed by atoms with Gasteiger partial charge in [-0.1, -0.05) is 0 Å². The van der Waals surface area contributed by atoms with Gasteiger partial charge in [0, 0.05) is 22.3 Å². The number of pyridine rings is 2. The molecule has 0 aromatic carbocycles. The largest absolute Gasteiger partial charge is 0.465 e. The van der Waals surface area contributed by atoms with Crippen LogP contribution in [0.4, 0.5) is 4.39 Å². The molecule has 0 bridgehead atoms. The molecular formula is C10H6BrFN2O2. The molecule has 2 rings (SSSR count). The average molecular weight is 285 g/mol. The number of rotatable bonds is 1. The molecule has 0 unspecified atom stereocenters. The summed E-state index contributed by atoms with van der Waals surface area (Å²) < 4.78 is 18.3. The summed E-state index contributed by atoms with van der Waals surface area (Å²) in [5.41, 5.74) is 0.400. The number of carbonyl (C=O) groups is 1. The van der Waals surface area contributed by atoms with E-state index in [1.165, 1.54) is 19.5 Å². The lowest BCUT2D eigenvalue weighted by Gasteiger charge is -2.05. The van der Waals surface area contributed by atoms with Crippen molar-refractivity contribution in [3.63, 3.8) is 0 Å². The molecule has 6 heteroatoms. The number of aromatic nitrogens is 2. The van der Waals surface area contributed by atoms with E-state index in [9.17, 15) is 9.18 Å². The minimum atomic E-state index is -0.537. The first-order valence-electron chi connectivity index (χ1n) is 4.31. The summed E-state index contributed by atoms with van der Waals surface area (Å²) in [7, 11) is 1.27. The number of esters is 1. The van der Waals surface area contributed by atoms with Crippen LogP contribution in [0.25, 0.3) is 10.9 Å². The lowest BCUT2D eigenvalue weighted by atomic mass is 10.2. The number of carbonyl (C=O) groups excluding carboxylic acids is 1. The lowest BCUT2D eigenvalue weighted by molar-refractivity contribution is 0.0599. The number of fused-ring (bicyclic) bond motifs is 1. The molecule has 0 aliphatic heterocycles. The van der Waals surface area contributed by atoms with Crippen molar-refractivity contribution in [2.75, 3.05) is 7.11 Å². The fourth-order valence-corrected chi connectivity index (χ4v) is 1.86. The Morgan fingerprint density at radius 3 is 2.88 bits per heavy atom. The minimum absolute atomic E-state index is 0.162. The topological polar surface area (TPSA) is 52.1 Å². The Labute approximate surface area is 98.6 Å². The maximum Gasteiger partial charge on any atom is 0.340 e. The quantitative estimate of drug-likeness (QED) is 0.754. The van der Waals surface area contributed by atoms with Crippen molar-refractivity contribution in [2.24, 2.45) is 0 Å². The fourth-order valence-electron chi connectivity index (χ4n) is 1.30. The number of methoxy groups -OCH3 is 1. The molecule has 2 aromatic heterocycles. The maximum absolute atomic E-state index is 13.3. The van der Waals surface area contributed by atoms with Crippen molar-refractivity contribution in [2.45, 2.75) is 0 Å². The number of halogens is 2. The second kappa shape index (κ2) is 4.13. The van der Waals surface area contributed by atoms with Gasteiger partial charge in [0.1, 0.15) is 5.52 Å². The smallest absolute Gasteiger partial charge is 0.340 e. The summed E-state index contributed by atoms with van der Waals surface area (Å²) in [4.78, 5) is 18.9. The Morgan fingerprint density at radius 1 is 1.44 bits per heavy atom. The molecule has 0 saturated carbocycles. The number of ether oxygens (including phenoxy) is 1. The number of nitrogens with zero attached hydrogens (tertiary/aromatic N) is 2. The van der Waals surface area contributed by atoms with Crippen LogP contribution < -0.4 is 0 Å². The van der Waals surface area contributed by atoms with Crippen LogP contribution in [0.2, 0.25) is 0 Å². The summed E-state index contributed by atoms with van der Waals surface area (Å²) in [6.07, 6.45) is 3.77. The Bertz CT molecular complexity index is 574. The predicted octanol–water partition coefficient (Wildman–Crippen LogP) is 2.32. The normalized spacial score (nSPS) is 10.4. The van der Waals surface area contributed by atoms with Crippen LogP contribution in [0.3, 0.4) is 0 Å². The molecule has 4 nitrogen and oxygen atoms in total. The SMILES string of the molecule is COC(=O)c1cnc2c(F)cncc2c1Br. The van der Waals surface area contributed by atoms with Crippen LogP contribution in [0.15, 0.2) is 23.1 Å². The van der Waals surface area contributed by atoms with Crippen molar-refractivity contribution in [1.29, 1.82) is 0 Å². The number of hydrogen-bond acceptors (Lipinski definition) is 4. The van der Waals surface area contributed by atoms with Crippen molar-refractivity contribution >= 4 is 32.8 Å². The molecule has 0 fully saturated rings. The third kappa shape index (κ3) is 1.65. The van der Waals surface area contributed by atoms with Gasteiger partial charge in [-0.15, -0.1) is 0 Å². The van der Waals surface area contributed by atoms with Crippen molar-refractivity contribution in [3.8, 4) is 0 Å². The van der Waals surface area contributed by atoms with E-state index in [4.69, 9.17) is 0 Å². The molecule has 0 N–H and O–H groups in total. The van der Waals surface area contributed by atoms with Crippen molar-refractivity contribution < 1.29 is 13.9 Å². The highest BCUT2D eigenvalue weighted by molar-refractivity contribution is 9.10. The predicted molar refractivity (Wildman–Crippen MR) is 58.5 cm³/mol. The zero-order valence-electron chi connectivity index (χ0n) is 8.20. The van der Waals surface area contributed by atoms with Crippen LogP contribution in [0.1, 0.15) is 10.4 Å². The van der Waals surface area contributed by atoms with Gasteiger partial charge in [-0.3, -0.25) is 9.97 Å². The van der Waals surface area contributed by atoms with Gasteiger partial charge in [0.25, 0.3) is 0 Å². The van der Waals surface area contributed by atoms with Crippen LogP contribution in [-0.2, 0) is 4.74 Å². The van der Waals surface area contributed by atoms with E-state index in [2.05, 4.69) is 30.6 Å². The fraction of sp³-hybridized carbons (Fsp3) is 0.100. The summed E-state index contributed by atoms with van der Waals surface area (Å²) in [5, 5.41) is 0.433. The third-order valence-electron chi connectivity index (χ3n) is 2.07. The van der Waals surface area contributed by atoms with E-state index in [-0.39, 0.29) is 11.1 Å². The zero-order valence-corrected chi connectivity index (χ0v) is 9.78. The van der Waals surface area contributed by atoms with Gasteiger partial charge in [-0.2, -0.15) is 0 Å². The van der Waals surface area contributed by atoms with E-state index in [1.54, 1.807) is 0 Å². The van der Waals surface area contributed by atoms with E-state index >= 15 is 0 Å². The van der Waals surface area contributed by atoms with E-state index in [1.807, 2.05) is 0 Å². The van der Waals surface area contributed by atoms with Gasteiger partial charge >= 0.3 is 5.97 Å². The third-order valence-corrected chi connectivity index (χ3v) is 2.93. The minimum Gasteiger partial charge on any atom is -0.465 e. The van der Waals surface area contributed by atoms with Gasteiger partial charge in [0.2, 0.25) is 0 Å². The molecule has 0 spiro atoms. The molecule has 16 heavy (non-hydrogen) atoms. The molecule has 0 aliphatic carbocycles. The summed E-state index contributed by atoms with van der Waals surface area (Å²) >= 11 is 3.21. The molecule has 82 valence electrons. The maximum atomic E-state index is 13.3. The van der Waals surface area contributed by atoms with Crippen LogP contribution in [0.5, 0.6) is 0 Å². The highest BCUT2D eigenvalue weighted by Gasteiger charge is 2.15. The van der Waals surface area contributed by atoms with Gasteiger partial charge < -0.3 is 4.74 Å². The first kappa shape index (κ1) is 10.9. The Morgan fingerprint density at radius 2 is 2.19 bits per heavy atom. The molecule has 0 amide bonds. The van der Waals surface area contributed by atoms with E-state index < -0.39 is 11.8 Å². The Hall–Kier alpha value is -1.56. The average Bonchev–Trinajstić information content (AvgIpc) is 2.30. The molecule has 0 radical (unpaired) electrons. The molecule has 2 aromatic rings. The second-order valence-corrected chi connectivity index (χ2v) is 3.79. The standard InChI is InChI=1S/C10H6BrFN2O2/c1-16-10(15)6-3-14-9-5(8(6)11)2-13-4-7(9)12/h2-4H,1H3. The summed E-state index contributed by atoms with van der Waals surface area (Å²) in [5.74, 6) is -1.07. The van der Waals surface area contributed by atoms with Crippen molar-refractivity contribution in [1.82, 2.24) is 9.97 Å². The van der Waals surface area contributed by atoms with E-state index in [0.29, 0.717) is 9.86 Å². The summed E-state index contributed by atoms with van der Waals surface area (Å²) in [6, 6.07) is 0. The molecule has 0 aliphatic rings. The van der Waals surface area contributed by atoms with Crippen molar-refractivity contribution in [3.05, 3.63) is 34.4 Å².